The SMILES string of the molecule is COC(=O)c1ccc(O[C@@H](C)C(=O)Nc2c(C)nn(C)c2C)c([N+](=O)[O-])c1. The van der Waals surface area contributed by atoms with Crippen LogP contribution < -0.4 is 10.1 Å². The average Bonchev–Trinajstić information content (AvgIpc) is 2.87. The van der Waals surface area contributed by atoms with Crippen molar-refractivity contribution in [3.63, 3.8) is 0 Å². The van der Waals surface area contributed by atoms with Gasteiger partial charge < -0.3 is 14.8 Å². The first-order valence-electron chi connectivity index (χ1n) is 8.00. The fourth-order valence-corrected chi connectivity index (χ4v) is 2.43. The number of amides is 1. The number of rotatable bonds is 6. The van der Waals surface area contributed by atoms with Gasteiger partial charge in [-0.3, -0.25) is 19.6 Å². The van der Waals surface area contributed by atoms with Crippen molar-refractivity contribution >= 4 is 23.3 Å². The van der Waals surface area contributed by atoms with Gasteiger partial charge in [0, 0.05) is 13.1 Å². The lowest BCUT2D eigenvalue weighted by molar-refractivity contribution is -0.386. The zero-order valence-electron chi connectivity index (χ0n) is 15.6. The van der Waals surface area contributed by atoms with E-state index in [-0.39, 0.29) is 11.3 Å². The van der Waals surface area contributed by atoms with Gasteiger partial charge in [0.1, 0.15) is 0 Å². The largest absolute Gasteiger partial charge is 0.474 e. The lowest BCUT2D eigenvalue weighted by atomic mass is 10.2. The first-order chi connectivity index (χ1) is 12.6. The molecule has 10 heteroatoms. The first kappa shape index (κ1) is 19.9. The summed E-state index contributed by atoms with van der Waals surface area (Å²) in [6.07, 6.45) is -1.02. The third-order valence-electron chi connectivity index (χ3n) is 4.01. The van der Waals surface area contributed by atoms with Crippen LogP contribution >= 0.6 is 0 Å². The van der Waals surface area contributed by atoms with E-state index in [1.54, 1.807) is 25.6 Å². The number of aromatic nitrogens is 2. The molecule has 1 heterocycles. The minimum absolute atomic E-state index is 0.00950. The van der Waals surface area contributed by atoms with E-state index in [4.69, 9.17) is 4.74 Å². The Kier molecular flexibility index (Phi) is 5.78. The highest BCUT2D eigenvalue weighted by Crippen LogP contribution is 2.29. The van der Waals surface area contributed by atoms with Crippen LogP contribution in [0, 0.1) is 24.0 Å². The molecule has 1 aromatic carbocycles. The molecule has 144 valence electrons. The Bertz CT molecular complexity index is 905. The Balaban J connectivity index is 2.21. The minimum Gasteiger partial charge on any atom is -0.474 e. The fraction of sp³-hybridized carbons (Fsp3) is 0.353. The number of benzene rings is 1. The Morgan fingerprint density at radius 1 is 1.33 bits per heavy atom. The topological polar surface area (TPSA) is 126 Å². The van der Waals surface area contributed by atoms with E-state index < -0.39 is 28.6 Å². The number of esters is 1. The second kappa shape index (κ2) is 7.85. The quantitative estimate of drug-likeness (QED) is 0.465. The first-order valence-corrected chi connectivity index (χ1v) is 8.00. The minimum atomic E-state index is -1.02. The van der Waals surface area contributed by atoms with Crippen molar-refractivity contribution in [3.05, 3.63) is 45.3 Å². The van der Waals surface area contributed by atoms with Crippen LogP contribution in [0.2, 0.25) is 0 Å². The number of nitrogens with one attached hydrogen (secondary N) is 1. The summed E-state index contributed by atoms with van der Waals surface area (Å²) in [4.78, 5) is 34.5. The maximum absolute atomic E-state index is 12.4. The van der Waals surface area contributed by atoms with Gasteiger partial charge in [0.15, 0.2) is 11.9 Å². The summed E-state index contributed by atoms with van der Waals surface area (Å²) in [7, 11) is 2.93. The summed E-state index contributed by atoms with van der Waals surface area (Å²) in [5.41, 5.74) is 1.54. The van der Waals surface area contributed by atoms with Gasteiger partial charge >= 0.3 is 11.7 Å². The van der Waals surface area contributed by atoms with E-state index in [1.165, 1.54) is 26.2 Å². The number of nitro benzene ring substituents is 1. The number of anilines is 1. The number of carbonyl (C=O) groups is 2. The van der Waals surface area contributed by atoms with E-state index in [1.807, 2.05) is 0 Å². The summed E-state index contributed by atoms with van der Waals surface area (Å²) in [5, 5.41) is 18.2. The molecular formula is C17H20N4O6. The molecule has 0 aliphatic rings. The maximum atomic E-state index is 12.4. The molecule has 1 N–H and O–H groups in total. The molecule has 0 fully saturated rings. The lowest BCUT2D eigenvalue weighted by Gasteiger charge is -2.15. The predicted octanol–water partition coefficient (Wildman–Crippen LogP) is 2.14. The zero-order chi connectivity index (χ0) is 20.3. The number of carbonyl (C=O) groups excluding carboxylic acids is 2. The second-order valence-corrected chi connectivity index (χ2v) is 5.85. The molecule has 1 atom stereocenters. The second-order valence-electron chi connectivity index (χ2n) is 5.85. The molecule has 0 spiro atoms. The van der Waals surface area contributed by atoms with Gasteiger partial charge in [0.25, 0.3) is 5.91 Å². The highest BCUT2D eigenvalue weighted by Gasteiger charge is 2.24. The molecule has 1 aromatic heterocycles. The number of methoxy groups -OCH3 is 1. The van der Waals surface area contributed by atoms with Crippen LogP contribution in [0.5, 0.6) is 5.75 Å². The number of hydrogen-bond donors (Lipinski definition) is 1. The van der Waals surface area contributed by atoms with Gasteiger partial charge in [-0.1, -0.05) is 0 Å². The average molecular weight is 376 g/mol. The van der Waals surface area contributed by atoms with Crippen molar-refractivity contribution in [1.29, 1.82) is 0 Å². The molecule has 2 aromatic rings. The molecule has 2 rings (SSSR count). The van der Waals surface area contributed by atoms with Crippen molar-refractivity contribution in [3.8, 4) is 5.75 Å². The molecule has 27 heavy (non-hydrogen) atoms. The van der Waals surface area contributed by atoms with Gasteiger partial charge in [-0.25, -0.2) is 4.79 Å². The Labute approximate surface area is 155 Å². The molecule has 0 radical (unpaired) electrons. The normalized spacial score (nSPS) is 11.6. The van der Waals surface area contributed by atoms with Crippen LogP contribution in [0.15, 0.2) is 18.2 Å². The van der Waals surface area contributed by atoms with Crippen LogP contribution in [0.1, 0.15) is 28.7 Å². The highest BCUT2D eigenvalue weighted by molar-refractivity contribution is 5.95. The van der Waals surface area contributed by atoms with E-state index >= 15 is 0 Å². The Morgan fingerprint density at radius 3 is 2.52 bits per heavy atom. The van der Waals surface area contributed by atoms with E-state index in [2.05, 4.69) is 15.2 Å². The number of nitrogens with zero attached hydrogens (tertiary/aromatic N) is 3. The van der Waals surface area contributed by atoms with Gasteiger partial charge in [-0.2, -0.15) is 5.10 Å². The summed E-state index contributed by atoms with van der Waals surface area (Å²) < 4.78 is 11.6. The van der Waals surface area contributed by atoms with Gasteiger partial charge in [0.05, 0.1) is 34.7 Å². The van der Waals surface area contributed by atoms with Crippen molar-refractivity contribution in [2.45, 2.75) is 26.9 Å². The van der Waals surface area contributed by atoms with Crippen LogP contribution in [0.4, 0.5) is 11.4 Å². The van der Waals surface area contributed by atoms with Gasteiger partial charge in [-0.05, 0) is 32.9 Å². The zero-order valence-corrected chi connectivity index (χ0v) is 15.6. The third-order valence-corrected chi connectivity index (χ3v) is 4.01. The van der Waals surface area contributed by atoms with Crippen LogP contribution in [0.25, 0.3) is 0 Å². The smallest absolute Gasteiger partial charge is 0.338 e. The third kappa shape index (κ3) is 4.22. The van der Waals surface area contributed by atoms with Crippen molar-refractivity contribution in [2.75, 3.05) is 12.4 Å². The van der Waals surface area contributed by atoms with Gasteiger partial charge in [-0.15, -0.1) is 0 Å². The van der Waals surface area contributed by atoms with Crippen molar-refractivity contribution in [1.82, 2.24) is 9.78 Å². The molecule has 0 unspecified atom stereocenters. The van der Waals surface area contributed by atoms with Crippen LogP contribution in [0.3, 0.4) is 0 Å². The molecule has 1 amide bonds. The number of nitro groups is 1. The summed E-state index contributed by atoms with van der Waals surface area (Å²) in [5.74, 6) is -1.33. The van der Waals surface area contributed by atoms with E-state index in [0.29, 0.717) is 11.4 Å². The number of aryl methyl sites for hydroxylation is 2. The fourth-order valence-electron chi connectivity index (χ4n) is 2.43. The molecule has 0 aliphatic carbocycles. The van der Waals surface area contributed by atoms with Crippen LogP contribution in [-0.2, 0) is 16.6 Å². The molecule has 0 saturated heterocycles. The molecular weight excluding hydrogens is 356 g/mol. The van der Waals surface area contributed by atoms with Crippen molar-refractivity contribution < 1.29 is 24.0 Å². The van der Waals surface area contributed by atoms with Crippen molar-refractivity contribution in [2.24, 2.45) is 7.05 Å². The van der Waals surface area contributed by atoms with Crippen LogP contribution in [-0.4, -0.2) is 39.8 Å². The van der Waals surface area contributed by atoms with Gasteiger partial charge in [0.2, 0.25) is 0 Å². The monoisotopic (exact) mass is 376 g/mol. The molecule has 0 aliphatic heterocycles. The number of hydrogen-bond acceptors (Lipinski definition) is 7. The number of ether oxygens (including phenoxy) is 2. The predicted molar refractivity (Wildman–Crippen MR) is 95.8 cm³/mol. The summed E-state index contributed by atoms with van der Waals surface area (Å²) in [6.45, 7) is 5.02. The highest BCUT2D eigenvalue weighted by atomic mass is 16.6. The molecule has 0 bridgehead atoms. The molecule has 0 saturated carbocycles. The molecule has 10 nitrogen and oxygen atoms in total. The van der Waals surface area contributed by atoms with E-state index in [9.17, 15) is 19.7 Å². The Morgan fingerprint density at radius 2 is 2.00 bits per heavy atom. The lowest BCUT2D eigenvalue weighted by Crippen LogP contribution is -2.30. The Hall–Kier alpha value is -3.43. The maximum Gasteiger partial charge on any atom is 0.338 e. The summed E-state index contributed by atoms with van der Waals surface area (Å²) in [6, 6.07) is 3.63. The van der Waals surface area contributed by atoms with E-state index in [0.717, 1.165) is 11.8 Å². The standard InChI is InChI=1S/C17H20N4O6/c1-9-15(10(2)20(4)19-9)18-16(22)11(3)27-14-7-6-12(17(23)26-5)8-13(14)21(24)25/h6-8,11H,1-5H3,(H,18,22)/t11-/m0/s1. The summed E-state index contributed by atoms with van der Waals surface area (Å²) >= 11 is 0.